The normalized spacial score (nSPS) is 16.6. The number of carbonyl (C=O) groups is 4. The third-order valence-electron chi connectivity index (χ3n) is 8.99. The number of hydrogen-bond acceptors (Lipinski definition) is 11. The number of imide groups is 2. The number of benzene rings is 2. The van der Waals surface area contributed by atoms with Crippen LogP contribution in [0.2, 0.25) is 0 Å². The molecule has 286 valence electrons. The summed E-state index contributed by atoms with van der Waals surface area (Å²) in [4.78, 5) is 54.6. The number of ether oxygens (including phenoxy) is 2. The number of amides is 4. The van der Waals surface area contributed by atoms with Gasteiger partial charge in [-0.3, -0.25) is 39.8 Å². The molecule has 0 aliphatic carbocycles. The number of rotatable bonds is 17. The molecule has 0 radical (unpaired) electrons. The molecule has 5 rings (SSSR count). The first-order valence-corrected chi connectivity index (χ1v) is 19.8. The first-order valence-electron chi connectivity index (χ1n) is 17.7. The lowest BCUT2D eigenvalue weighted by Gasteiger charge is -2.25. The van der Waals surface area contributed by atoms with Gasteiger partial charge in [-0.2, -0.15) is 0 Å². The summed E-state index contributed by atoms with van der Waals surface area (Å²) in [7, 11) is 0. The number of hydrogen-bond donors (Lipinski definition) is 3. The number of aryl methyl sites for hydroxylation is 2. The van der Waals surface area contributed by atoms with E-state index in [0.717, 1.165) is 59.2 Å². The Balaban J connectivity index is 0.000000241. The summed E-state index contributed by atoms with van der Waals surface area (Å²) in [6.07, 6.45) is 8.78. The molecule has 0 bridgehead atoms. The van der Waals surface area contributed by atoms with Gasteiger partial charge in [0.15, 0.2) is 0 Å². The number of aliphatic hydroxyl groups excluding tert-OH is 1. The molecule has 4 amide bonds. The van der Waals surface area contributed by atoms with Crippen LogP contribution in [-0.2, 0) is 46.5 Å². The number of thioether (sulfide) groups is 2. The molecule has 1 fully saturated rings. The van der Waals surface area contributed by atoms with E-state index in [4.69, 9.17) is 9.47 Å². The van der Waals surface area contributed by atoms with E-state index in [1.54, 1.807) is 25.3 Å². The van der Waals surface area contributed by atoms with Crippen molar-refractivity contribution in [3.63, 3.8) is 0 Å². The zero-order valence-electron chi connectivity index (χ0n) is 31.3. The SMILES string of the molecule is CCc1ccc(C(O)COc2ccc(CC3(C)SC(=O)NC3=O)cc2)nc1.CCc1ccc(CCOc2ccc(CC(C)(SC)C(=O)NC=O)cc2)nc1. The Morgan fingerprint density at radius 1 is 0.926 bits per heavy atom. The summed E-state index contributed by atoms with van der Waals surface area (Å²) in [5.41, 5.74) is 5.88. The first kappa shape index (κ1) is 42.0. The maximum absolute atomic E-state index is 12.1. The van der Waals surface area contributed by atoms with Crippen LogP contribution in [0.1, 0.15) is 67.4 Å². The molecule has 11 nitrogen and oxygen atoms in total. The minimum atomic E-state index is -0.806. The largest absolute Gasteiger partial charge is 0.493 e. The van der Waals surface area contributed by atoms with Gasteiger partial charge in [-0.1, -0.05) is 50.2 Å². The van der Waals surface area contributed by atoms with Crippen molar-refractivity contribution in [3.05, 3.63) is 119 Å². The van der Waals surface area contributed by atoms with E-state index < -0.39 is 15.6 Å². The van der Waals surface area contributed by atoms with Crippen LogP contribution in [0.15, 0.2) is 85.2 Å². The molecule has 3 N–H and O–H groups in total. The summed E-state index contributed by atoms with van der Waals surface area (Å²) < 4.78 is 9.95. The monoisotopic (exact) mass is 772 g/mol. The van der Waals surface area contributed by atoms with E-state index in [1.165, 1.54) is 17.3 Å². The predicted molar refractivity (Wildman–Crippen MR) is 213 cm³/mol. The fraction of sp³-hybridized carbons (Fsp3) is 0.366. The standard InChI is InChI=1S/C21H26N2O3S.C20H22N2O4S/c1-4-16-5-8-18(22-14-16)11-12-26-19-9-6-17(7-10-19)13-21(2,27-3)20(25)23-15-24;1-3-13-6-9-16(21-11-13)17(23)12-26-15-7-4-14(5-8-15)10-20(2)18(24)22-19(25)27-20/h5-10,14-15H,4,11-13H2,1-3H3,(H,23,24,25);4-9,11,17,23H,3,10,12H2,1-2H3,(H,22,24,25). The molecule has 3 atom stereocenters. The van der Waals surface area contributed by atoms with Gasteiger partial charge < -0.3 is 14.6 Å². The number of pyridine rings is 2. The fourth-order valence-corrected chi connectivity index (χ4v) is 6.93. The smallest absolute Gasteiger partial charge is 0.286 e. The molecule has 3 unspecified atom stereocenters. The average molecular weight is 773 g/mol. The summed E-state index contributed by atoms with van der Waals surface area (Å²) in [6.45, 7) is 8.41. The van der Waals surface area contributed by atoms with Crippen molar-refractivity contribution in [1.29, 1.82) is 0 Å². The van der Waals surface area contributed by atoms with Gasteiger partial charge >= 0.3 is 0 Å². The number of aliphatic hydroxyl groups is 1. The Hall–Kier alpha value is -4.72. The van der Waals surface area contributed by atoms with Crippen LogP contribution in [0.25, 0.3) is 0 Å². The Labute approximate surface area is 325 Å². The molecule has 2 aromatic carbocycles. The van der Waals surface area contributed by atoms with Crippen molar-refractivity contribution in [2.45, 2.75) is 75.4 Å². The van der Waals surface area contributed by atoms with Gasteiger partial charge in [-0.15, -0.1) is 11.8 Å². The van der Waals surface area contributed by atoms with Gasteiger partial charge in [0.1, 0.15) is 29.0 Å². The van der Waals surface area contributed by atoms with Crippen molar-refractivity contribution >= 4 is 47.0 Å². The zero-order chi connectivity index (χ0) is 39.1. The summed E-state index contributed by atoms with van der Waals surface area (Å²) >= 11 is 2.44. The molecule has 4 aromatic rings. The van der Waals surface area contributed by atoms with Gasteiger partial charge in [0, 0.05) is 24.5 Å². The van der Waals surface area contributed by atoms with E-state index in [9.17, 15) is 24.3 Å². The molecule has 13 heteroatoms. The van der Waals surface area contributed by atoms with Crippen LogP contribution in [0, 0.1) is 0 Å². The minimum Gasteiger partial charge on any atom is -0.493 e. The molecule has 54 heavy (non-hydrogen) atoms. The van der Waals surface area contributed by atoms with Crippen LogP contribution < -0.4 is 20.1 Å². The van der Waals surface area contributed by atoms with Crippen molar-refractivity contribution < 1.29 is 33.8 Å². The van der Waals surface area contributed by atoms with Gasteiger partial charge in [0.05, 0.1) is 17.0 Å². The highest BCUT2D eigenvalue weighted by molar-refractivity contribution is 8.16. The van der Waals surface area contributed by atoms with E-state index in [-0.39, 0.29) is 23.7 Å². The third kappa shape index (κ3) is 12.2. The molecule has 1 aliphatic heterocycles. The van der Waals surface area contributed by atoms with Gasteiger partial charge in [0.2, 0.25) is 18.2 Å². The molecular formula is C41H48N4O7S2. The lowest BCUT2D eigenvalue weighted by molar-refractivity contribution is -0.127. The van der Waals surface area contributed by atoms with E-state index in [1.807, 2.05) is 74.0 Å². The highest BCUT2D eigenvalue weighted by atomic mass is 32.2. The van der Waals surface area contributed by atoms with Crippen molar-refractivity contribution in [2.75, 3.05) is 19.5 Å². The minimum absolute atomic E-state index is 0.0995. The van der Waals surface area contributed by atoms with Crippen molar-refractivity contribution in [2.24, 2.45) is 0 Å². The topological polar surface area (TPSA) is 157 Å². The van der Waals surface area contributed by atoms with Crippen LogP contribution >= 0.6 is 23.5 Å². The highest BCUT2D eigenvalue weighted by Crippen LogP contribution is 2.35. The van der Waals surface area contributed by atoms with Crippen LogP contribution in [0.5, 0.6) is 11.5 Å². The average Bonchev–Trinajstić information content (AvgIpc) is 3.44. The molecular weight excluding hydrogens is 725 g/mol. The number of nitrogens with one attached hydrogen (secondary N) is 2. The number of carbonyl (C=O) groups excluding carboxylic acids is 4. The number of nitrogens with zero attached hydrogens (tertiary/aromatic N) is 2. The Morgan fingerprint density at radius 2 is 1.52 bits per heavy atom. The summed E-state index contributed by atoms with van der Waals surface area (Å²) in [5, 5.41) is 14.5. The number of aromatic nitrogens is 2. The zero-order valence-corrected chi connectivity index (χ0v) is 32.9. The summed E-state index contributed by atoms with van der Waals surface area (Å²) in [6, 6.07) is 22.9. The highest BCUT2D eigenvalue weighted by Gasteiger charge is 2.43. The molecule has 2 aromatic heterocycles. The second-order valence-corrected chi connectivity index (χ2v) is 15.9. The molecule has 1 saturated heterocycles. The molecule has 0 spiro atoms. The van der Waals surface area contributed by atoms with Crippen LogP contribution in [-0.4, -0.2) is 67.5 Å². The summed E-state index contributed by atoms with van der Waals surface area (Å²) in [5.74, 6) is 0.856. The molecule has 0 saturated carbocycles. The fourth-order valence-electron chi connectivity index (χ4n) is 5.44. The lowest BCUT2D eigenvalue weighted by Crippen LogP contribution is -2.42. The Bertz CT molecular complexity index is 1840. The van der Waals surface area contributed by atoms with Gasteiger partial charge in [-0.25, -0.2) is 0 Å². The second kappa shape index (κ2) is 20.1. The maximum Gasteiger partial charge on any atom is 0.286 e. The maximum atomic E-state index is 12.1. The van der Waals surface area contributed by atoms with Gasteiger partial charge in [-0.05, 0) is 116 Å². The first-order chi connectivity index (χ1) is 25.9. The third-order valence-corrected chi connectivity index (χ3v) is 11.3. The van der Waals surface area contributed by atoms with E-state index in [2.05, 4.69) is 40.5 Å². The van der Waals surface area contributed by atoms with E-state index >= 15 is 0 Å². The molecule has 3 heterocycles. The van der Waals surface area contributed by atoms with Gasteiger partial charge in [0.25, 0.3) is 5.24 Å². The van der Waals surface area contributed by atoms with Crippen LogP contribution in [0.4, 0.5) is 4.79 Å². The van der Waals surface area contributed by atoms with Crippen LogP contribution in [0.3, 0.4) is 0 Å². The molecule has 1 aliphatic rings. The Morgan fingerprint density at radius 3 is 2.04 bits per heavy atom. The quantitative estimate of drug-likeness (QED) is 0.104. The second-order valence-electron chi connectivity index (χ2n) is 13.1. The Kier molecular flexibility index (Phi) is 15.6. The van der Waals surface area contributed by atoms with E-state index in [0.29, 0.717) is 37.3 Å². The van der Waals surface area contributed by atoms with Crippen molar-refractivity contribution in [1.82, 2.24) is 20.6 Å². The lowest BCUT2D eigenvalue weighted by atomic mass is 9.99. The predicted octanol–water partition coefficient (Wildman–Crippen LogP) is 6.24. The van der Waals surface area contributed by atoms with Crippen molar-refractivity contribution in [3.8, 4) is 11.5 Å².